The van der Waals surface area contributed by atoms with Crippen LogP contribution < -0.4 is 40.3 Å². The van der Waals surface area contributed by atoms with Gasteiger partial charge in [0.05, 0.1) is 0 Å². The molecule has 342 valence electrons. The fourth-order valence-electron chi connectivity index (χ4n) is 6.09. The topological polar surface area (TPSA) is 239 Å². The summed E-state index contributed by atoms with van der Waals surface area (Å²) in [6, 6.07) is 37.0. The molecular formula is C44H40F3N11O6S2-2. The number of nitrogens with zero attached hydrogens (tertiary/aromatic N) is 6. The van der Waals surface area contributed by atoms with Gasteiger partial charge in [-0.3, -0.25) is 13.2 Å². The number of hydrogen-bond acceptors (Lipinski definition) is 15. The Morgan fingerprint density at radius 3 is 1.47 bits per heavy atom. The Morgan fingerprint density at radius 1 is 0.636 bits per heavy atom. The zero-order valence-electron chi connectivity index (χ0n) is 34.9. The summed E-state index contributed by atoms with van der Waals surface area (Å²) in [5.74, 6) is 1.57. The molecular weight excluding hydrogens is 900 g/mol. The van der Waals surface area contributed by atoms with Crippen molar-refractivity contribution in [1.82, 2.24) is 19.9 Å². The van der Waals surface area contributed by atoms with E-state index in [9.17, 15) is 35.5 Å². The van der Waals surface area contributed by atoms with E-state index in [0.29, 0.717) is 57.5 Å². The number of carbonyl (C=O) groups excluding carboxylic acids is 1. The van der Waals surface area contributed by atoms with E-state index in [1.165, 1.54) is 24.3 Å². The molecule has 0 fully saturated rings. The number of nitrogens with one attached hydrogen (secondary N) is 4. The average molecular weight is 940 g/mol. The van der Waals surface area contributed by atoms with E-state index in [0.717, 1.165) is 16.9 Å². The summed E-state index contributed by atoms with van der Waals surface area (Å²) in [5.41, 5.74) is 11.6. The molecule has 2 heterocycles. The molecule has 0 aliphatic heterocycles. The van der Waals surface area contributed by atoms with Crippen molar-refractivity contribution in [1.29, 1.82) is 0 Å². The van der Waals surface area contributed by atoms with Crippen molar-refractivity contribution in [3.05, 3.63) is 157 Å². The van der Waals surface area contributed by atoms with E-state index in [4.69, 9.17) is 5.73 Å². The predicted octanol–water partition coefficient (Wildman–Crippen LogP) is 8.22. The van der Waals surface area contributed by atoms with E-state index >= 15 is 0 Å². The van der Waals surface area contributed by atoms with Crippen LogP contribution in [0.5, 0.6) is 5.75 Å². The van der Waals surface area contributed by atoms with Gasteiger partial charge in [0.1, 0.15) is 23.2 Å². The maximum Gasteiger partial charge on any atom is 0.573 e. The van der Waals surface area contributed by atoms with Crippen LogP contribution in [0.1, 0.15) is 11.1 Å². The number of hydrogen-bond donors (Lipinski definition) is 5. The Hall–Kier alpha value is -7.66. The summed E-state index contributed by atoms with van der Waals surface area (Å²) in [5, 5.41) is 6.11. The summed E-state index contributed by atoms with van der Waals surface area (Å²) in [6.07, 6.45) is -1.28. The third kappa shape index (κ3) is 15.0. The van der Waals surface area contributed by atoms with Gasteiger partial charge in [0, 0.05) is 102 Å². The number of benzene rings is 5. The standard InChI is InChI=1S/C27H24F3N5O4S.C17H18N6O2S/c1-35(25-13-14-31-26(33-25)32-20-3-2-4-21(17-20)34-40(37)38)22-9-5-18(6-10-22)15-23(36)16-19-7-11-24(12-8-19)39-27(28,29)30;1-23(15-7-5-12(18)6-8-15)16-9-10-19-17(21-16)20-13-3-2-4-14(11-13)22-26(24)25/h2-14,17,34H,15-16H2,1H3,(H,37,38)(H,31,32,33);2-11,22H,18H2,1H3,(H,24,25)(H,19,20,21)/p-2. The van der Waals surface area contributed by atoms with Gasteiger partial charge < -0.3 is 49.5 Å². The number of halogens is 3. The Kier molecular flexibility index (Phi) is 16.2. The van der Waals surface area contributed by atoms with Gasteiger partial charge in [-0.15, -0.1) is 13.2 Å². The van der Waals surface area contributed by atoms with Crippen LogP contribution in [0.15, 0.2) is 146 Å². The Balaban J connectivity index is 0.000000239. The maximum absolute atomic E-state index is 12.5. The molecule has 2 atom stereocenters. The van der Waals surface area contributed by atoms with Crippen molar-refractivity contribution < 1.29 is 40.2 Å². The summed E-state index contributed by atoms with van der Waals surface area (Å²) >= 11 is -4.82. The largest absolute Gasteiger partial charge is 0.755 e. The number of nitrogen functional groups attached to an aromatic ring is 1. The molecule has 66 heavy (non-hydrogen) atoms. The highest BCUT2D eigenvalue weighted by atomic mass is 32.2. The zero-order chi connectivity index (χ0) is 47.2. The van der Waals surface area contributed by atoms with Gasteiger partial charge in [-0.25, -0.2) is 9.97 Å². The number of Topliss-reactive ketones (excluding diaryl/α,β-unsaturated/α-hetero) is 1. The first-order valence-corrected chi connectivity index (χ1v) is 21.6. The Bertz CT molecular complexity index is 2780. The van der Waals surface area contributed by atoms with E-state index in [1.54, 1.807) is 73.1 Å². The van der Waals surface area contributed by atoms with E-state index in [-0.39, 0.29) is 24.4 Å². The van der Waals surface area contributed by atoms with Crippen LogP contribution in [0.3, 0.4) is 0 Å². The Labute approximate surface area is 382 Å². The fraction of sp³-hybridized carbons (Fsp3) is 0.114. The van der Waals surface area contributed by atoms with Gasteiger partial charge in [-0.2, -0.15) is 9.97 Å². The number of rotatable bonds is 17. The van der Waals surface area contributed by atoms with Gasteiger partial charge in [0.25, 0.3) is 0 Å². The van der Waals surface area contributed by atoms with Gasteiger partial charge >= 0.3 is 6.36 Å². The van der Waals surface area contributed by atoms with Crippen LogP contribution in [-0.4, -0.2) is 63.7 Å². The second-order valence-corrected chi connectivity index (χ2v) is 15.4. The minimum absolute atomic E-state index is 0.0817. The summed E-state index contributed by atoms with van der Waals surface area (Å²) in [4.78, 5) is 33.7. The van der Waals surface area contributed by atoms with Gasteiger partial charge in [0.15, 0.2) is 0 Å². The molecule has 0 aliphatic carbocycles. The van der Waals surface area contributed by atoms with Gasteiger partial charge in [-0.1, -0.05) is 36.4 Å². The van der Waals surface area contributed by atoms with Crippen LogP contribution in [0.25, 0.3) is 0 Å². The SMILES string of the molecule is CN(c1ccc(CC(=O)Cc2ccc(OC(F)(F)F)cc2)cc1)c1ccnc(Nc2cccc(NS(=O)[O-])c2)n1.CN(c1ccc(N)cc1)c1ccnc(Nc2cccc(NS(=O)[O-])c2)n1. The second-order valence-electron chi connectivity index (χ2n) is 14.0. The van der Waals surface area contributed by atoms with Crippen molar-refractivity contribution in [2.24, 2.45) is 0 Å². The fourth-order valence-corrected chi connectivity index (χ4v) is 6.73. The molecule has 6 N–H and O–H groups in total. The summed E-state index contributed by atoms with van der Waals surface area (Å²) in [7, 11) is 3.72. The lowest BCUT2D eigenvalue weighted by molar-refractivity contribution is -0.274. The molecule has 0 saturated carbocycles. The Morgan fingerprint density at radius 2 is 1.05 bits per heavy atom. The third-order valence-electron chi connectivity index (χ3n) is 9.17. The van der Waals surface area contributed by atoms with Crippen molar-refractivity contribution >= 4 is 91.7 Å². The number of alkyl halides is 3. The van der Waals surface area contributed by atoms with Crippen molar-refractivity contribution in [2.75, 3.05) is 49.7 Å². The van der Waals surface area contributed by atoms with Crippen LogP contribution >= 0.6 is 0 Å². The molecule has 0 saturated heterocycles. The molecule has 5 aromatic carbocycles. The van der Waals surface area contributed by atoms with Crippen LogP contribution in [0.2, 0.25) is 0 Å². The summed E-state index contributed by atoms with van der Waals surface area (Å²) < 4.78 is 88.6. The van der Waals surface area contributed by atoms with Crippen molar-refractivity contribution in [3.8, 4) is 5.75 Å². The highest BCUT2D eigenvalue weighted by Crippen LogP contribution is 2.27. The molecule has 0 aliphatic rings. The minimum Gasteiger partial charge on any atom is -0.755 e. The first-order chi connectivity index (χ1) is 31.5. The van der Waals surface area contributed by atoms with E-state index < -0.39 is 28.9 Å². The van der Waals surface area contributed by atoms with E-state index in [1.807, 2.05) is 72.4 Å². The zero-order valence-corrected chi connectivity index (χ0v) is 36.6. The second kappa shape index (κ2) is 22.3. The highest BCUT2D eigenvalue weighted by Gasteiger charge is 2.31. The molecule has 7 aromatic rings. The number of ketones is 1. The number of anilines is 11. The van der Waals surface area contributed by atoms with Gasteiger partial charge in [-0.05, 0) is 108 Å². The molecule has 0 radical (unpaired) electrons. The smallest absolute Gasteiger partial charge is 0.573 e. The third-order valence-corrected chi connectivity index (χ3v) is 9.98. The molecule has 0 amide bonds. The normalized spacial score (nSPS) is 11.8. The maximum atomic E-state index is 12.5. The molecule has 2 unspecified atom stereocenters. The molecule has 7 rings (SSSR count). The first kappa shape index (κ1) is 47.8. The first-order valence-electron chi connectivity index (χ1n) is 19.5. The van der Waals surface area contributed by atoms with Crippen LogP contribution in [0, 0.1) is 0 Å². The van der Waals surface area contributed by atoms with E-state index in [2.05, 4.69) is 44.8 Å². The molecule has 17 nitrogen and oxygen atoms in total. The van der Waals surface area contributed by atoms with Crippen LogP contribution in [0.4, 0.5) is 76.5 Å². The lowest BCUT2D eigenvalue weighted by Crippen LogP contribution is -2.17. The monoisotopic (exact) mass is 939 g/mol. The van der Waals surface area contributed by atoms with Gasteiger partial charge in [0.2, 0.25) is 11.9 Å². The summed E-state index contributed by atoms with van der Waals surface area (Å²) in [6.45, 7) is 0. The number of carbonyl (C=O) groups is 1. The quantitative estimate of drug-likeness (QED) is 0.0427. The number of nitrogens with two attached hydrogens (primary N) is 1. The molecule has 2 aromatic heterocycles. The molecule has 0 bridgehead atoms. The lowest BCUT2D eigenvalue weighted by Gasteiger charge is -2.19. The van der Waals surface area contributed by atoms with Crippen molar-refractivity contribution in [2.45, 2.75) is 19.2 Å². The highest BCUT2D eigenvalue weighted by molar-refractivity contribution is 7.80. The molecule has 0 spiro atoms. The number of aromatic nitrogens is 4. The predicted molar refractivity (Wildman–Crippen MR) is 248 cm³/mol. The average Bonchev–Trinajstić information content (AvgIpc) is 3.27. The lowest BCUT2D eigenvalue weighted by atomic mass is 10.0. The number of ether oxygens (including phenoxy) is 1. The minimum atomic E-state index is -4.77. The molecule has 22 heteroatoms. The van der Waals surface area contributed by atoms with Crippen molar-refractivity contribution in [3.63, 3.8) is 0 Å². The van der Waals surface area contributed by atoms with Crippen LogP contribution in [-0.2, 0) is 40.2 Å².